The lowest BCUT2D eigenvalue weighted by molar-refractivity contribution is -0.129. The first-order valence-corrected chi connectivity index (χ1v) is 11.6. The average Bonchev–Trinajstić information content (AvgIpc) is 2.68. The monoisotopic (exact) mass is 442 g/mol. The highest BCUT2D eigenvalue weighted by Gasteiger charge is 2.26. The highest BCUT2D eigenvalue weighted by atomic mass is 35.5. The van der Waals surface area contributed by atoms with E-state index in [1.165, 1.54) is 23.9 Å². The van der Waals surface area contributed by atoms with Gasteiger partial charge in [-0.25, -0.2) is 17.5 Å². The second kappa shape index (κ2) is 9.26. The van der Waals surface area contributed by atoms with Gasteiger partial charge in [0.05, 0.1) is 10.6 Å². The number of nitrogens with zero attached hydrogens (tertiary/aromatic N) is 1. The number of nitrogens with one attached hydrogen (secondary N) is 1. The SMILES string of the molecule is O=C(CSc1ccc(Cl)cc1)N1CCC(NS(=O)(=O)c2ccc(F)cc2)CC1. The number of hydrogen-bond donors (Lipinski definition) is 1. The lowest BCUT2D eigenvalue weighted by Crippen LogP contribution is -2.47. The number of sulfonamides is 1. The largest absolute Gasteiger partial charge is 0.342 e. The summed E-state index contributed by atoms with van der Waals surface area (Å²) >= 11 is 7.30. The normalized spacial score (nSPS) is 15.6. The number of benzene rings is 2. The zero-order valence-corrected chi connectivity index (χ0v) is 17.4. The maximum Gasteiger partial charge on any atom is 0.240 e. The number of likely N-dealkylation sites (tertiary alicyclic amines) is 1. The molecule has 0 saturated carbocycles. The van der Waals surface area contributed by atoms with E-state index in [-0.39, 0.29) is 16.8 Å². The molecule has 0 bridgehead atoms. The van der Waals surface area contributed by atoms with Crippen molar-refractivity contribution in [2.24, 2.45) is 0 Å². The number of thioether (sulfide) groups is 1. The van der Waals surface area contributed by atoms with E-state index < -0.39 is 15.8 Å². The summed E-state index contributed by atoms with van der Waals surface area (Å²) in [5.74, 6) is -0.129. The van der Waals surface area contributed by atoms with E-state index in [9.17, 15) is 17.6 Å². The van der Waals surface area contributed by atoms with Gasteiger partial charge < -0.3 is 4.90 Å². The quantitative estimate of drug-likeness (QED) is 0.695. The molecule has 1 amide bonds. The minimum atomic E-state index is -3.70. The van der Waals surface area contributed by atoms with E-state index in [1.54, 1.807) is 17.0 Å². The van der Waals surface area contributed by atoms with Crippen molar-refractivity contribution >= 4 is 39.3 Å². The predicted molar refractivity (Wildman–Crippen MR) is 108 cm³/mol. The molecule has 0 aromatic heterocycles. The Balaban J connectivity index is 1.47. The van der Waals surface area contributed by atoms with Crippen molar-refractivity contribution in [2.75, 3.05) is 18.8 Å². The summed E-state index contributed by atoms with van der Waals surface area (Å²) in [6.07, 6.45) is 1.08. The predicted octanol–water partition coefficient (Wildman–Crippen LogP) is 3.54. The first-order valence-electron chi connectivity index (χ1n) is 8.77. The fourth-order valence-electron chi connectivity index (χ4n) is 2.92. The minimum absolute atomic E-state index is 0.0276. The Morgan fingerprint density at radius 1 is 1.11 bits per heavy atom. The number of carbonyl (C=O) groups excluding carboxylic acids is 1. The summed E-state index contributed by atoms with van der Waals surface area (Å²) in [4.78, 5) is 15.2. The van der Waals surface area contributed by atoms with Crippen LogP contribution in [0, 0.1) is 5.82 Å². The van der Waals surface area contributed by atoms with Crippen molar-refractivity contribution in [3.63, 3.8) is 0 Å². The summed E-state index contributed by atoms with van der Waals surface area (Å²) in [6.45, 7) is 0.993. The molecule has 9 heteroatoms. The summed E-state index contributed by atoms with van der Waals surface area (Å²) in [5.41, 5.74) is 0. The number of amides is 1. The van der Waals surface area contributed by atoms with Crippen molar-refractivity contribution in [2.45, 2.75) is 28.7 Å². The van der Waals surface area contributed by atoms with Crippen molar-refractivity contribution in [3.05, 3.63) is 59.4 Å². The van der Waals surface area contributed by atoms with Gasteiger partial charge in [-0.15, -0.1) is 11.8 Å². The van der Waals surface area contributed by atoms with Crippen LogP contribution in [0.3, 0.4) is 0 Å². The molecule has 2 aromatic rings. The van der Waals surface area contributed by atoms with Crippen molar-refractivity contribution in [3.8, 4) is 0 Å². The number of piperidine rings is 1. The van der Waals surface area contributed by atoms with Crippen LogP contribution in [0.4, 0.5) is 4.39 Å². The standard InChI is InChI=1S/C19H20ClFN2O3S2/c20-14-1-5-17(6-2-14)27-13-19(24)23-11-9-16(10-12-23)22-28(25,26)18-7-3-15(21)4-8-18/h1-8,16,22H,9-13H2. The van der Waals surface area contributed by atoms with E-state index >= 15 is 0 Å². The van der Waals surface area contributed by atoms with E-state index in [0.29, 0.717) is 36.7 Å². The third-order valence-electron chi connectivity index (χ3n) is 4.47. The smallest absolute Gasteiger partial charge is 0.240 e. The molecule has 1 saturated heterocycles. The fraction of sp³-hybridized carbons (Fsp3) is 0.316. The van der Waals surface area contributed by atoms with Crippen LogP contribution >= 0.6 is 23.4 Å². The molecule has 28 heavy (non-hydrogen) atoms. The Morgan fingerprint density at radius 3 is 2.32 bits per heavy atom. The summed E-state index contributed by atoms with van der Waals surface area (Å²) in [5, 5.41) is 0.654. The Bertz CT molecular complexity index is 913. The van der Waals surface area contributed by atoms with Crippen molar-refractivity contribution in [1.82, 2.24) is 9.62 Å². The summed E-state index contributed by atoms with van der Waals surface area (Å²) in [7, 11) is -3.70. The molecule has 0 aliphatic carbocycles. The van der Waals surface area contributed by atoms with Crippen LogP contribution in [0.2, 0.25) is 5.02 Å². The Labute approximate surface area is 173 Å². The van der Waals surface area contributed by atoms with E-state index in [4.69, 9.17) is 11.6 Å². The van der Waals surface area contributed by atoms with E-state index in [1.807, 2.05) is 12.1 Å². The highest BCUT2D eigenvalue weighted by Crippen LogP contribution is 2.22. The van der Waals surface area contributed by atoms with Gasteiger partial charge in [0.25, 0.3) is 0 Å². The summed E-state index contributed by atoms with van der Waals surface area (Å²) in [6, 6.07) is 11.8. The first kappa shape index (κ1) is 21.1. The second-order valence-electron chi connectivity index (χ2n) is 6.47. The molecule has 0 radical (unpaired) electrons. The Hall–Kier alpha value is -1.61. The van der Waals surface area contributed by atoms with Crippen LogP contribution in [0.25, 0.3) is 0 Å². The van der Waals surface area contributed by atoms with Gasteiger partial charge in [0.15, 0.2) is 0 Å². The third kappa shape index (κ3) is 5.70. The molecule has 150 valence electrons. The lowest BCUT2D eigenvalue weighted by Gasteiger charge is -2.32. The van der Waals surface area contributed by atoms with Crippen LogP contribution in [0.15, 0.2) is 58.3 Å². The maximum atomic E-state index is 13.0. The molecular formula is C19H20ClFN2O3S2. The number of hydrogen-bond acceptors (Lipinski definition) is 4. The molecule has 0 spiro atoms. The van der Waals surface area contributed by atoms with Gasteiger partial charge in [0, 0.05) is 29.0 Å². The Kier molecular flexibility index (Phi) is 6.98. The molecule has 1 aliphatic rings. The third-order valence-corrected chi connectivity index (χ3v) is 7.25. The van der Waals surface area contributed by atoms with Crippen molar-refractivity contribution < 1.29 is 17.6 Å². The molecule has 1 fully saturated rings. The highest BCUT2D eigenvalue weighted by molar-refractivity contribution is 8.00. The first-order chi connectivity index (χ1) is 13.3. The maximum absolute atomic E-state index is 13.0. The zero-order valence-electron chi connectivity index (χ0n) is 15.0. The fourth-order valence-corrected chi connectivity index (χ4v) is 5.15. The molecule has 3 rings (SSSR count). The van der Waals surface area contributed by atoms with Crippen LogP contribution in [-0.2, 0) is 14.8 Å². The van der Waals surface area contributed by atoms with E-state index in [2.05, 4.69) is 4.72 Å². The minimum Gasteiger partial charge on any atom is -0.342 e. The zero-order chi connectivity index (χ0) is 20.1. The van der Waals surface area contributed by atoms with E-state index in [0.717, 1.165) is 17.0 Å². The van der Waals surface area contributed by atoms with Crippen LogP contribution in [0.1, 0.15) is 12.8 Å². The topological polar surface area (TPSA) is 66.5 Å². The van der Waals surface area contributed by atoms with Gasteiger partial charge in [0.1, 0.15) is 5.82 Å². The molecule has 1 heterocycles. The molecule has 2 aromatic carbocycles. The molecule has 5 nitrogen and oxygen atoms in total. The average molecular weight is 443 g/mol. The summed E-state index contributed by atoms with van der Waals surface area (Å²) < 4.78 is 40.4. The molecule has 0 atom stereocenters. The number of rotatable bonds is 6. The number of carbonyl (C=O) groups is 1. The molecule has 1 N–H and O–H groups in total. The Morgan fingerprint density at radius 2 is 1.71 bits per heavy atom. The van der Waals surface area contributed by atoms with Crippen LogP contribution in [-0.4, -0.2) is 44.1 Å². The van der Waals surface area contributed by atoms with Gasteiger partial charge in [-0.2, -0.15) is 0 Å². The van der Waals surface area contributed by atoms with Crippen LogP contribution < -0.4 is 4.72 Å². The number of halogens is 2. The molecular weight excluding hydrogens is 423 g/mol. The van der Waals surface area contributed by atoms with Gasteiger partial charge >= 0.3 is 0 Å². The van der Waals surface area contributed by atoms with Crippen molar-refractivity contribution in [1.29, 1.82) is 0 Å². The molecule has 0 unspecified atom stereocenters. The lowest BCUT2D eigenvalue weighted by atomic mass is 10.1. The van der Waals surface area contributed by atoms with Gasteiger partial charge in [0.2, 0.25) is 15.9 Å². The molecule has 1 aliphatic heterocycles. The van der Waals surface area contributed by atoms with Gasteiger partial charge in [-0.3, -0.25) is 4.79 Å². The second-order valence-corrected chi connectivity index (χ2v) is 9.67. The van der Waals surface area contributed by atoms with Gasteiger partial charge in [-0.1, -0.05) is 11.6 Å². The van der Waals surface area contributed by atoms with Crippen LogP contribution in [0.5, 0.6) is 0 Å². The van der Waals surface area contributed by atoms with Gasteiger partial charge in [-0.05, 0) is 61.4 Å².